The molecule has 0 N–H and O–H groups in total. The molecule has 1 saturated heterocycles. The lowest BCUT2D eigenvalue weighted by Gasteiger charge is -2.25. The highest BCUT2D eigenvalue weighted by Crippen LogP contribution is 2.36. The van der Waals surface area contributed by atoms with Gasteiger partial charge in [0.05, 0.1) is 17.3 Å². The standard InChI is InChI=1S/C19H23N3O2/c1-12-18(14-6-3-4-8-17(14)24-12)19(23)22-11-5-7-16(22)15-9-10-20-13(2)21-15/h9-10,16H,3-8,11H2,1-2H3/t16-/m1/s1. The Labute approximate surface area is 142 Å². The highest BCUT2D eigenvalue weighted by atomic mass is 16.3. The zero-order valence-corrected chi connectivity index (χ0v) is 14.3. The van der Waals surface area contributed by atoms with E-state index in [1.807, 2.05) is 24.8 Å². The average molecular weight is 325 g/mol. The number of rotatable bonds is 2. The Morgan fingerprint density at radius 2 is 2.08 bits per heavy atom. The molecule has 0 bridgehead atoms. The molecule has 2 aromatic heterocycles. The second kappa shape index (κ2) is 6.04. The molecule has 24 heavy (non-hydrogen) atoms. The first-order chi connectivity index (χ1) is 11.6. The van der Waals surface area contributed by atoms with E-state index in [0.29, 0.717) is 0 Å². The van der Waals surface area contributed by atoms with Gasteiger partial charge in [-0.1, -0.05) is 0 Å². The number of carbonyl (C=O) groups is 1. The number of likely N-dealkylation sites (tertiary alicyclic amines) is 1. The van der Waals surface area contributed by atoms with Crippen LogP contribution >= 0.6 is 0 Å². The smallest absolute Gasteiger partial charge is 0.258 e. The third kappa shape index (κ3) is 2.52. The lowest BCUT2D eigenvalue weighted by atomic mass is 9.94. The van der Waals surface area contributed by atoms with Gasteiger partial charge in [-0.3, -0.25) is 4.79 Å². The number of aryl methyl sites for hydroxylation is 3. The Kier molecular flexibility index (Phi) is 3.87. The van der Waals surface area contributed by atoms with Crippen molar-refractivity contribution in [3.05, 3.63) is 46.4 Å². The van der Waals surface area contributed by atoms with Crippen LogP contribution in [0.25, 0.3) is 0 Å². The van der Waals surface area contributed by atoms with Crippen molar-refractivity contribution in [3.8, 4) is 0 Å². The normalized spacial score (nSPS) is 20.2. The third-order valence-electron chi connectivity index (χ3n) is 5.21. The molecular formula is C19H23N3O2. The number of nitrogens with zero attached hydrogens (tertiary/aromatic N) is 3. The van der Waals surface area contributed by atoms with Crippen molar-refractivity contribution in [2.24, 2.45) is 0 Å². The van der Waals surface area contributed by atoms with E-state index in [0.717, 1.165) is 79.2 Å². The first-order valence-corrected chi connectivity index (χ1v) is 8.87. The summed E-state index contributed by atoms with van der Waals surface area (Å²) in [4.78, 5) is 24.0. The summed E-state index contributed by atoms with van der Waals surface area (Å²) in [5.74, 6) is 2.66. The summed E-state index contributed by atoms with van der Waals surface area (Å²) in [6, 6.07) is 1.98. The van der Waals surface area contributed by atoms with Crippen LogP contribution in [0.5, 0.6) is 0 Å². The molecule has 2 aliphatic rings. The van der Waals surface area contributed by atoms with E-state index in [1.165, 1.54) is 0 Å². The monoisotopic (exact) mass is 325 g/mol. The van der Waals surface area contributed by atoms with Crippen LogP contribution in [0.1, 0.15) is 70.7 Å². The fourth-order valence-electron chi connectivity index (χ4n) is 4.10. The second-order valence-electron chi connectivity index (χ2n) is 6.83. The SMILES string of the molecule is Cc1nccc([C@H]2CCCN2C(=O)c2c(C)oc3c2CCCC3)n1. The molecule has 0 spiro atoms. The Hall–Kier alpha value is -2.17. The van der Waals surface area contributed by atoms with E-state index >= 15 is 0 Å². The molecule has 1 aliphatic heterocycles. The minimum Gasteiger partial charge on any atom is -0.465 e. The van der Waals surface area contributed by atoms with E-state index < -0.39 is 0 Å². The molecule has 3 heterocycles. The van der Waals surface area contributed by atoms with Crippen LogP contribution in [0.2, 0.25) is 0 Å². The molecule has 1 fully saturated rings. The quantitative estimate of drug-likeness (QED) is 0.847. The van der Waals surface area contributed by atoms with Gasteiger partial charge in [-0.05, 0) is 52.0 Å². The van der Waals surface area contributed by atoms with Crippen LogP contribution in [0.15, 0.2) is 16.7 Å². The number of hydrogen-bond acceptors (Lipinski definition) is 4. The lowest BCUT2D eigenvalue weighted by Crippen LogP contribution is -2.32. The van der Waals surface area contributed by atoms with Crippen LogP contribution < -0.4 is 0 Å². The Morgan fingerprint density at radius 3 is 2.92 bits per heavy atom. The van der Waals surface area contributed by atoms with E-state index in [1.54, 1.807) is 6.20 Å². The molecule has 1 amide bonds. The minimum absolute atomic E-state index is 0.0488. The first kappa shape index (κ1) is 15.4. The molecule has 2 aromatic rings. The molecule has 126 valence electrons. The maximum Gasteiger partial charge on any atom is 0.258 e. The van der Waals surface area contributed by atoms with Crippen molar-refractivity contribution in [3.63, 3.8) is 0 Å². The van der Waals surface area contributed by atoms with E-state index in [2.05, 4.69) is 9.97 Å². The van der Waals surface area contributed by atoms with Gasteiger partial charge < -0.3 is 9.32 Å². The molecule has 5 heteroatoms. The van der Waals surface area contributed by atoms with Crippen molar-refractivity contribution >= 4 is 5.91 Å². The highest BCUT2D eigenvalue weighted by molar-refractivity contribution is 5.97. The molecule has 0 radical (unpaired) electrons. The molecule has 5 nitrogen and oxygen atoms in total. The van der Waals surface area contributed by atoms with Crippen LogP contribution in [0.4, 0.5) is 0 Å². The summed E-state index contributed by atoms with van der Waals surface area (Å²) < 4.78 is 5.90. The molecular weight excluding hydrogens is 302 g/mol. The summed E-state index contributed by atoms with van der Waals surface area (Å²) in [6.07, 6.45) is 7.96. The van der Waals surface area contributed by atoms with Crippen molar-refractivity contribution in [2.75, 3.05) is 6.54 Å². The average Bonchev–Trinajstić information content (AvgIpc) is 3.18. The van der Waals surface area contributed by atoms with Gasteiger partial charge in [0.1, 0.15) is 17.3 Å². The van der Waals surface area contributed by atoms with E-state index in [9.17, 15) is 4.79 Å². The molecule has 1 aliphatic carbocycles. The molecule has 0 aromatic carbocycles. The first-order valence-electron chi connectivity index (χ1n) is 8.87. The van der Waals surface area contributed by atoms with Crippen LogP contribution in [0.3, 0.4) is 0 Å². The summed E-state index contributed by atoms with van der Waals surface area (Å²) in [7, 11) is 0. The fourth-order valence-corrected chi connectivity index (χ4v) is 4.10. The van der Waals surface area contributed by atoms with Crippen LogP contribution in [-0.2, 0) is 12.8 Å². The minimum atomic E-state index is 0.0488. The van der Waals surface area contributed by atoms with Gasteiger partial charge >= 0.3 is 0 Å². The lowest BCUT2D eigenvalue weighted by molar-refractivity contribution is 0.0730. The van der Waals surface area contributed by atoms with Crippen LogP contribution in [-0.4, -0.2) is 27.3 Å². The number of furan rings is 1. The predicted molar refractivity (Wildman–Crippen MR) is 89.9 cm³/mol. The maximum atomic E-state index is 13.3. The molecule has 1 atom stereocenters. The van der Waals surface area contributed by atoms with E-state index in [4.69, 9.17) is 4.42 Å². The molecule has 0 unspecified atom stereocenters. The van der Waals surface area contributed by atoms with Gasteiger partial charge in [-0.2, -0.15) is 0 Å². The fraction of sp³-hybridized carbons (Fsp3) is 0.526. The van der Waals surface area contributed by atoms with Gasteiger partial charge in [0.25, 0.3) is 5.91 Å². The zero-order chi connectivity index (χ0) is 16.7. The maximum absolute atomic E-state index is 13.3. The van der Waals surface area contributed by atoms with Gasteiger partial charge in [0, 0.05) is 24.7 Å². The largest absolute Gasteiger partial charge is 0.465 e. The van der Waals surface area contributed by atoms with Gasteiger partial charge in [-0.15, -0.1) is 0 Å². The highest BCUT2D eigenvalue weighted by Gasteiger charge is 2.35. The van der Waals surface area contributed by atoms with Gasteiger partial charge in [-0.25, -0.2) is 9.97 Å². The van der Waals surface area contributed by atoms with E-state index in [-0.39, 0.29) is 11.9 Å². The second-order valence-corrected chi connectivity index (χ2v) is 6.83. The third-order valence-corrected chi connectivity index (χ3v) is 5.21. The summed E-state index contributed by atoms with van der Waals surface area (Å²) in [5, 5.41) is 0. The van der Waals surface area contributed by atoms with Gasteiger partial charge in [0.15, 0.2) is 0 Å². The van der Waals surface area contributed by atoms with Crippen LogP contribution in [0, 0.1) is 13.8 Å². The molecule has 0 saturated carbocycles. The van der Waals surface area contributed by atoms with Gasteiger partial charge in [0.2, 0.25) is 0 Å². The predicted octanol–water partition coefficient (Wildman–Crippen LogP) is 3.54. The topological polar surface area (TPSA) is 59.2 Å². The Balaban J connectivity index is 1.68. The van der Waals surface area contributed by atoms with Crippen molar-refractivity contribution < 1.29 is 9.21 Å². The summed E-state index contributed by atoms with van der Waals surface area (Å²) in [6.45, 7) is 4.60. The Bertz CT molecular complexity index is 781. The zero-order valence-electron chi connectivity index (χ0n) is 14.3. The summed E-state index contributed by atoms with van der Waals surface area (Å²) >= 11 is 0. The van der Waals surface area contributed by atoms with Crippen molar-refractivity contribution in [1.29, 1.82) is 0 Å². The van der Waals surface area contributed by atoms with Crippen molar-refractivity contribution in [1.82, 2.24) is 14.9 Å². The summed E-state index contributed by atoms with van der Waals surface area (Å²) in [5.41, 5.74) is 2.90. The number of amides is 1. The number of aromatic nitrogens is 2. The number of carbonyl (C=O) groups excluding carboxylic acids is 1. The Morgan fingerprint density at radius 1 is 1.25 bits per heavy atom. The van der Waals surface area contributed by atoms with Crippen molar-refractivity contribution in [2.45, 2.75) is 58.4 Å². The molecule has 4 rings (SSSR count). The number of hydrogen-bond donors (Lipinski definition) is 0. The number of fused-ring (bicyclic) bond motifs is 1.